The minimum Gasteiger partial charge on any atom is -0.495 e. The molecule has 1 aromatic rings. The molecule has 1 heterocycles. The van der Waals surface area contributed by atoms with Crippen LogP contribution in [0.4, 0.5) is 5.69 Å². The van der Waals surface area contributed by atoms with Crippen LogP contribution in [0.1, 0.15) is 19.4 Å². The van der Waals surface area contributed by atoms with Gasteiger partial charge in [-0.1, -0.05) is 6.07 Å². The van der Waals surface area contributed by atoms with Crippen molar-refractivity contribution < 1.29 is 9.53 Å². The Labute approximate surface area is 99.6 Å². The Hall–Kier alpha value is -1.16. The standard InChI is InChI=1S/C12H15NO2S/c1-7-5-6-8(15-4)9-10(7)16-12(2,3)11(14)13-9/h5-6H,1-4H3,(H,13,14). The van der Waals surface area contributed by atoms with Gasteiger partial charge in [0.2, 0.25) is 5.91 Å². The number of ether oxygens (including phenoxy) is 1. The lowest BCUT2D eigenvalue weighted by Gasteiger charge is -2.31. The van der Waals surface area contributed by atoms with Gasteiger partial charge in [0.05, 0.1) is 17.5 Å². The van der Waals surface area contributed by atoms with E-state index in [-0.39, 0.29) is 5.91 Å². The van der Waals surface area contributed by atoms with Crippen molar-refractivity contribution >= 4 is 23.4 Å². The Kier molecular flexibility index (Phi) is 2.62. The summed E-state index contributed by atoms with van der Waals surface area (Å²) in [6, 6.07) is 3.89. The van der Waals surface area contributed by atoms with E-state index >= 15 is 0 Å². The molecular weight excluding hydrogens is 222 g/mol. The molecule has 0 bridgehead atoms. The van der Waals surface area contributed by atoms with E-state index in [1.807, 2.05) is 32.9 Å². The van der Waals surface area contributed by atoms with Crippen molar-refractivity contribution in [2.45, 2.75) is 30.4 Å². The third-order valence-corrected chi connectivity index (χ3v) is 4.10. The smallest absolute Gasteiger partial charge is 0.240 e. The van der Waals surface area contributed by atoms with Gasteiger partial charge in [0.25, 0.3) is 0 Å². The lowest BCUT2D eigenvalue weighted by atomic mass is 10.1. The van der Waals surface area contributed by atoms with Crippen LogP contribution in [0.15, 0.2) is 17.0 Å². The van der Waals surface area contributed by atoms with Gasteiger partial charge in [0.1, 0.15) is 5.75 Å². The molecule has 2 rings (SSSR count). The summed E-state index contributed by atoms with van der Waals surface area (Å²) < 4.78 is 4.83. The third kappa shape index (κ3) is 1.67. The van der Waals surface area contributed by atoms with Crippen LogP contribution in [0.2, 0.25) is 0 Å². The van der Waals surface area contributed by atoms with Gasteiger partial charge in [-0.05, 0) is 32.4 Å². The average molecular weight is 237 g/mol. The molecule has 1 aromatic carbocycles. The summed E-state index contributed by atoms with van der Waals surface area (Å²) in [6.07, 6.45) is 0. The molecule has 16 heavy (non-hydrogen) atoms. The Morgan fingerprint density at radius 1 is 1.38 bits per heavy atom. The molecule has 1 aliphatic rings. The lowest BCUT2D eigenvalue weighted by Crippen LogP contribution is -2.37. The second-order valence-corrected chi connectivity index (χ2v) is 5.99. The zero-order valence-corrected chi connectivity index (χ0v) is 10.7. The highest BCUT2D eigenvalue weighted by molar-refractivity contribution is 8.01. The first-order valence-electron chi connectivity index (χ1n) is 5.14. The summed E-state index contributed by atoms with van der Waals surface area (Å²) in [4.78, 5) is 13.0. The molecule has 86 valence electrons. The molecule has 0 saturated heterocycles. The number of benzene rings is 1. The van der Waals surface area contributed by atoms with Crippen LogP contribution in [0.25, 0.3) is 0 Å². The fourth-order valence-electron chi connectivity index (χ4n) is 1.65. The maximum absolute atomic E-state index is 11.9. The average Bonchev–Trinajstić information content (AvgIpc) is 2.22. The fourth-order valence-corrected chi connectivity index (χ4v) is 2.79. The number of rotatable bonds is 1. The largest absolute Gasteiger partial charge is 0.495 e. The molecule has 0 radical (unpaired) electrons. The zero-order chi connectivity index (χ0) is 11.9. The van der Waals surface area contributed by atoms with Crippen molar-refractivity contribution in [2.24, 2.45) is 0 Å². The first-order chi connectivity index (χ1) is 7.45. The predicted molar refractivity (Wildman–Crippen MR) is 66.3 cm³/mol. The van der Waals surface area contributed by atoms with Crippen molar-refractivity contribution in [1.82, 2.24) is 0 Å². The van der Waals surface area contributed by atoms with Gasteiger partial charge >= 0.3 is 0 Å². The highest BCUT2D eigenvalue weighted by Crippen LogP contribution is 2.47. The Bertz CT molecular complexity index is 455. The van der Waals surface area contributed by atoms with E-state index in [1.54, 1.807) is 18.9 Å². The van der Waals surface area contributed by atoms with Crippen LogP contribution in [0.3, 0.4) is 0 Å². The summed E-state index contributed by atoms with van der Waals surface area (Å²) in [6.45, 7) is 5.89. The van der Waals surface area contributed by atoms with Crippen molar-refractivity contribution in [3.63, 3.8) is 0 Å². The minimum atomic E-state index is -0.426. The monoisotopic (exact) mass is 237 g/mol. The normalized spacial score (nSPS) is 17.6. The number of methoxy groups -OCH3 is 1. The molecule has 3 nitrogen and oxygen atoms in total. The van der Waals surface area contributed by atoms with E-state index in [4.69, 9.17) is 4.74 Å². The van der Waals surface area contributed by atoms with E-state index in [0.717, 1.165) is 21.9 Å². The van der Waals surface area contributed by atoms with Crippen LogP contribution in [0, 0.1) is 6.92 Å². The molecule has 0 saturated carbocycles. The third-order valence-electron chi connectivity index (χ3n) is 2.68. The molecule has 0 fully saturated rings. The van der Waals surface area contributed by atoms with Crippen LogP contribution in [-0.2, 0) is 4.79 Å². The van der Waals surface area contributed by atoms with Crippen molar-refractivity contribution in [2.75, 3.05) is 12.4 Å². The van der Waals surface area contributed by atoms with Gasteiger partial charge in [-0.25, -0.2) is 0 Å². The van der Waals surface area contributed by atoms with Crippen molar-refractivity contribution in [1.29, 1.82) is 0 Å². The minimum absolute atomic E-state index is 0.0221. The van der Waals surface area contributed by atoms with Crippen LogP contribution >= 0.6 is 11.8 Å². The zero-order valence-electron chi connectivity index (χ0n) is 9.88. The second kappa shape index (κ2) is 3.70. The quantitative estimate of drug-likeness (QED) is 0.816. The number of amides is 1. The number of thioether (sulfide) groups is 1. The summed E-state index contributed by atoms with van der Waals surface area (Å²) >= 11 is 1.59. The van der Waals surface area contributed by atoms with E-state index in [2.05, 4.69) is 5.32 Å². The highest BCUT2D eigenvalue weighted by atomic mass is 32.2. The van der Waals surface area contributed by atoms with Gasteiger partial charge in [0.15, 0.2) is 0 Å². The van der Waals surface area contributed by atoms with Crippen molar-refractivity contribution in [3.8, 4) is 5.75 Å². The van der Waals surface area contributed by atoms with E-state index in [9.17, 15) is 4.79 Å². The molecule has 0 atom stereocenters. The van der Waals surface area contributed by atoms with Crippen molar-refractivity contribution in [3.05, 3.63) is 17.7 Å². The molecule has 0 aliphatic carbocycles. The Balaban J connectivity index is 2.57. The van der Waals surface area contributed by atoms with Gasteiger partial charge in [0, 0.05) is 4.90 Å². The molecule has 1 amide bonds. The van der Waals surface area contributed by atoms with Gasteiger partial charge in [-0.3, -0.25) is 4.79 Å². The number of anilines is 1. The van der Waals surface area contributed by atoms with Gasteiger partial charge in [-0.15, -0.1) is 11.8 Å². The number of hydrogen-bond donors (Lipinski definition) is 1. The summed E-state index contributed by atoms with van der Waals surface area (Å²) in [5.41, 5.74) is 1.96. The first kappa shape index (κ1) is 11.3. The maximum atomic E-state index is 11.9. The Morgan fingerprint density at radius 3 is 2.69 bits per heavy atom. The predicted octanol–water partition coefficient (Wildman–Crippen LogP) is 2.83. The highest BCUT2D eigenvalue weighted by Gasteiger charge is 2.36. The topological polar surface area (TPSA) is 38.3 Å². The van der Waals surface area contributed by atoms with Crippen LogP contribution in [0.5, 0.6) is 5.75 Å². The molecule has 4 heteroatoms. The molecule has 0 unspecified atom stereocenters. The number of aryl methyl sites for hydroxylation is 1. The van der Waals surface area contributed by atoms with Crippen LogP contribution in [-0.4, -0.2) is 17.8 Å². The Morgan fingerprint density at radius 2 is 2.06 bits per heavy atom. The molecule has 1 aliphatic heterocycles. The molecule has 1 N–H and O–H groups in total. The van der Waals surface area contributed by atoms with E-state index in [0.29, 0.717) is 0 Å². The first-order valence-corrected chi connectivity index (χ1v) is 5.95. The maximum Gasteiger partial charge on any atom is 0.240 e. The molecule has 0 aromatic heterocycles. The number of nitrogens with one attached hydrogen (secondary N) is 1. The number of hydrogen-bond acceptors (Lipinski definition) is 3. The molecule has 0 spiro atoms. The summed E-state index contributed by atoms with van der Waals surface area (Å²) in [7, 11) is 1.61. The summed E-state index contributed by atoms with van der Waals surface area (Å²) in [5, 5.41) is 2.93. The summed E-state index contributed by atoms with van der Waals surface area (Å²) in [5.74, 6) is 0.742. The number of fused-ring (bicyclic) bond motifs is 1. The molecular formula is C12H15NO2S. The number of carbonyl (C=O) groups is 1. The second-order valence-electron chi connectivity index (χ2n) is 4.36. The SMILES string of the molecule is COc1ccc(C)c2c1NC(=O)C(C)(C)S2. The van der Waals surface area contributed by atoms with E-state index in [1.165, 1.54) is 0 Å². The van der Waals surface area contributed by atoms with Gasteiger partial charge < -0.3 is 10.1 Å². The lowest BCUT2D eigenvalue weighted by molar-refractivity contribution is -0.117. The van der Waals surface area contributed by atoms with E-state index < -0.39 is 4.75 Å². The number of carbonyl (C=O) groups excluding carboxylic acids is 1. The van der Waals surface area contributed by atoms with Crippen LogP contribution < -0.4 is 10.1 Å². The fraction of sp³-hybridized carbons (Fsp3) is 0.417. The van der Waals surface area contributed by atoms with Gasteiger partial charge in [-0.2, -0.15) is 0 Å².